The number of carbonyl (C=O) groups is 2. The Balaban J connectivity index is 1.17. The van der Waals surface area contributed by atoms with Crippen molar-refractivity contribution in [3.63, 3.8) is 0 Å². The molecule has 1 N–H and O–H groups in total. The minimum Gasteiger partial charge on any atom is -0.491 e. The van der Waals surface area contributed by atoms with Gasteiger partial charge in [0.25, 0.3) is 11.8 Å². The van der Waals surface area contributed by atoms with E-state index < -0.39 is 0 Å². The second kappa shape index (κ2) is 14.8. The number of hydrogen-bond donors (Lipinski definition) is 1. The summed E-state index contributed by atoms with van der Waals surface area (Å²) >= 11 is 0. The summed E-state index contributed by atoms with van der Waals surface area (Å²) in [5, 5.41) is 2.98. The van der Waals surface area contributed by atoms with E-state index in [-0.39, 0.29) is 11.8 Å². The lowest BCUT2D eigenvalue weighted by molar-refractivity contribution is 0.0990. The molecule has 0 aromatic heterocycles. The maximum atomic E-state index is 13.4. The second-order valence-corrected chi connectivity index (χ2v) is 11.5. The summed E-state index contributed by atoms with van der Waals surface area (Å²) < 4.78 is 6.13. The summed E-state index contributed by atoms with van der Waals surface area (Å²) in [6.45, 7) is 8.25. The van der Waals surface area contributed by atoms with Crippen molar-refractivity contribution < 1.29 is 14.3 Å². The number of nitrogens with zero attached hydrogens (tertiary/aromatic N) is 3. The molecule has 1 heterocycles. The van der Waals surface area contributed by atoms with Crippen molar-refractivity contribution in [3.05, 3.63) is 114 Å². The summed E-state index contributed by atoms with van der Waals surface area (Å²) in [5.41, 5.74) is 5.48. The van der Waals surface area contributed by atoms with Crippen molar-refractivity contribution in [3.8, 4) is 16.9 Å². The van der Waals surface area contributed by atoms with Crippen molar-refractivity contribution in [1.82, 2.24) is 9.80 Å². The van der Waals surface area contributed by atoms with Crippen LogP contribution in [-0.2, 0) is 0 Å². The normalized spacial score (nSPS) is 13.8. The average molecular weight is 591 g/mol. The molecule has 5 rings (SSSR count). The molecule has 4 aromatic carbocycles. The lowest BCUT2D eigenvalue weighted by Gasteiger charge is -2.32. The zero-order valence-electron chi connectivity index (χ0n) is 26.0. The molecule has 7 heteroatoms. The molecule has 2 amide bonds. The van der Waals surface area contributed by atoms with Crippen LogP contribution in [0.1, 0.15) is 39.1 Å². The summed E-state index contributed by atoms with van der Waals surface area (Å²) in [7, 11) is 3.93. The zero-order valence-corrected chi connectivity index (χ0v) is 26.0. The van der Waals surface area contributed by atoms with E-state index in [9.17, 15) is 9.59 Å². The molecule has 1 aliphatic heterocycles. The number of hydrogen-bond acceptors (Lipinski definition) is 5. The van der Waals surface area contributed by atoms with Gasteiger partial charge in [0.05, 0.1) is 12.3 Å². The molecule has 44 heavy (non-hydrogen) atoms. The number of amides is 2. The van der Waals surface area contributed by atoms with Gasteiger partial charge in [-0.15, -0.1) is 0 Å². The summed E-state index contributed by atoms with van der Waals surface area (Å²) in [6, 6.07) is 30.3. The Kier molecular flexibility index (Phi) is 10.4. The van der Waals surface area contributed by atoms with Crippen LogP contribution in [0.5, 0.6) is 5.75 Å². The molecular formula is C37H42N4O3. The number of ether oxygens (including phenoxy) is 1. The Hall–Kier alpha value is -4.46. The molecule has 0 spiro atoms. The highest BCUT2D eigenvalue weighted by Crippen LogP contribution is 2.29. The lowest BCUT2D eigenvalue weighted by atomic mass is 9.98. The first-order valence-electron chi connectivity index (χ1n) is 15.4. The van der Waals surface area contributed by atoms with E-state index in [1.807, 2.05) is 79.7 Å². The summed E-state index contributed by atoms with van der Waals surface area (Å²) in [4.78, 5) is 33.2. The Bertz CT molecular complexity index is 1540. The highest BCUT2D eigenvalue weighted by atomic mass is 16.5. The zero-order chi connectivity index (χ0) is 30.9. The molecule has 1 aliphatic rings. The molecule has 0 radical (unpaired) electrons. The first-order chi connectivity index (χ1) is 21.4. The third-order valence-electron chi connectivity index (χ3n) is 8.18. The molecule has 228 valence electrons. The van der Waals surface area contributed by atoms with Gasteiger partial charge in [-0.2, -0.15) is 0 Å². The van der Waals surface area contributed by atoms with Crippen LogP contribution in [-0.4, -0.2) is 75.0 Å². The molecule has 0 unspecified atom stereocenters. The maximum absolute atomic E-state index is 13.4. The number of carbonyl (C=O) groups excluding carboxylic acids is 2. The van der Waals surface area contributed by atoms with E-state index in [1.165, 1.54) is 5.56 Å². The van der Waals surface area contributed by atoms with Crippen molar-refractivity contribution in [1.29, 1.82) is 0 Å². The fourth-order valence-electron chi connectivity index (χ4n) is 5.41. The maximum Gasteiger partial charge on any atom is 0.258 e. The quantitative estimate of drug-likeness (QED) is 0.200. The van der Waals surface area contributed by atoms with Gasteiger partial charge in [-0.1, -0.05) is 60.2 Å². The minimum absolute atomic E-state index is 0.154. The number of unbranched alkanes of at least 4 members (excludes halogenated alkanes) is 1. The molecule has 0 saturated carbocycles. The predicted octanol–water partition coefficient (Wildman–Crippen LogP) is 6.60. The molecule has 1 saturated heterocycles. The van der Waals surface area contributed by atoms with Gasteiger partial charge < -0.3 is 24.8 Å². The largest absolute Gasteiger partial charge is 0.491 e. The fraction of sp³-hybridized carbons (Fsp3) is 0.297. The first kappa shape index (κ1) is 31.0. The van der Waals surface area contributed by atoms with Gasteiger partial charge in [0.15, 0.2) is 0 Å². The fourth-order valence-corrected chi connectivity index (χ4v) is 5.41. The van der Waals surface area contributed by atoms with Gasteiger partial charge in [0, 0.05) is 50.0 Å². The van der Waals surface area contributed by atoms with Crippen LogP contribution in [0, 0.1) is 6.92 Å². The number of piperazine rings is 1. The highest BCUT2D eigenvalue weighted by molar-refractivity contribution is 6.09. The summed E-state index contributed by atoms with van der Waals surface area (Å²) in [5.74, 6) is 0.338. The van der Waals surface area contributed by atoms with Crippen LogP contribution < -0.4 is 15.0 Å². The van der Waals surface area contributed by atoms with Crippen LogP contribution >= 0.6 is 0 Å². The van der Waals surface area contributed by atoms with E-state index in [4.69, 9.17) is 4.74 Å². The Morgan fingerprint density at radius 1 is 0.818 bits per heavy atom. The van der Waals surface area contributed by atoms with E-state index >= 15 is 0 Å². The van der Waals surface area contributed by atoms with Gasteiger partial charge in [-0.3, -0.25) is 9.59 Å². The van der Waals surface area contributed by atoms with Crippen LogP contribution in [0.4, 0.5) is 11.4 Å². The number of nitrogens with one attached hydrogen (secondary N) is 1. The SMILES string of the molecule is Cc1ccc(-c2ccccc2C(=O)Nc2ccc(C(=O)N(C)c3ccccc3OCCCCN3CCN(C)CC3)cc2)cc1. The molecule has 0 aliphatic carbocycles. The number of benzene rings is 4. The van der Waals surface area contributed by atoms with Crippen molar-refractivity contribution in [2.75, 3.05) is 63.6 Å². The average Bonchev–Trinajstić information content (AvgIpc) is 3.05. The van der Waals surface area contributed by atoms with Gasteiger partial charge in [-0.05, 0) is 86.9 Å². The van der Waals surface area contributed by atoms with Crippen LogP contribution in [0.25, 0.3) is 11.1 Å². The number of likely N-dealkylation sites (N-methyl/N-ethyl adjacent to an activating group) is 1. The summed E-state index contributed by atoms with van der Waals surface area (Å²) in [6.07, 6.45) is 2.04. The standard InChI is InChI=1S/C37H42N4O3/c1-28-14-16-29(17-15-28)32-10-4-5-11-33(32)36(42)38-31-20-18-30(19-21-31)37(43)40(3)34-12-6-7-13-35(34)44-27-9-8-22-41-25-23-39(2)24-26-41/h4-7,10-21H,8-9,22-27H2,1-3H3,(H,38,42). The Labute approximate surface area is 261 Å². The van der Waals surface area contributed by atoms with Gasteiger partial charge in [0.2, 0.25) is 0 Å². The van der Waals surface area contributed by atoms with Crippen LogP contribution in [0.15, 0.2) is 97.1 Å². The first-order valence-corrected chi connectivity index (χ1v) is 15.4. The molecule has 1 fully saturated rings. The van der Waals surface area contributed by atoms with Gasteiger partial charge in [0.1, 0.15) is 5.75 Å². The van der Waals surface area contributed by atoms with E-state index in [0.717, 1.165) is 62.4 Å². The molecule has 0 bridgehead atoms. The lowest BCUT2D eigenvalue weighted by Crippen LogP contribution is -2.44. The highest BCUT2D eigenvalue weighted by Gasteiger charge is 2.18. The topological polar surface area (TPSA) is 65.1 Å². The third kappa shape index (κ3) is 7.92. The van der Waals surface area contributed by atoms with Crippen molar-refractivity contribution in [2.24, 2.45) is 0 Å². The van der Waals surface area contributed by atoms with Crippen molar-refractivity contribution in [2.45, 2.75) is 19.8 Å². The Morgan fingerprint density at radius 2 is 1.50 bits per heavy atom. The smallest absolute Gasteiger partial charge is 0.258 e. The number of aryl methyl sites for hydroxylation is 1. The second-order valence-electron chi connectivity index (χ2n) is 11.5. The number of anilines is 2. The van der Waals surface area contributed by atoms with Gasteiger partial charge >= 0.3 is 0 Å². The minimum atomic E-state index is -0.202. The van der Waals surface area contributed by atoms with Gasteiger partial charge in [-0.25, -0.2) is 0 Å². The van der Waals surface area contributed by atoms with E-state index in [2.05, 4.69) is 22.2 Å². The number of rotatable bonds is 11. The van der Waals surface area contributed by atoms with Crippen LogP contribution in [0.3, 0.4) is 0 Å². The molecule has 4 aromatic rings. The number of para-hydroxylation sites is 2. The molecule has 7 nitrogen and oxygen atoms in total. The third-order valence-corrected chi connectivity index (χ3v) is 8.18. The van der Waals surface area contributed by atoms with Crippen LogP contribution in [0.2, 0.25) is 0 Å². The van der Waals surface area contributed by atoms with E-state index in [1.54, 1.807) is 36.2 Å². The predicted molar refractivity (Wildman–Crippen MR) is 179 cm³/mol. The molecular weight excluding hydrogens is 548 g/mol. The monoisotopic (exact) mass is 590 g/mol. The van der Waals surface area contributed by atoms with Crippen molar-refractivity contribution >= 4 is 23.2 Å². The molecule has 0 atom stereocenters. The Morgan fingerprint density at radius 3 is 2.25 bits per heavy atom. The van der Waals surface area contributed by atoms with E-state index in [0.29, 0.717) is 29.2 Å².